The van der Waals surface area contributed by atoms with E-state index in [0.717, 1.165) is 16.6 Å². The molecule has 4 heterocycles. The monoisotopic (exact) mass is 388 g/mol. The Morgan fingerprint density at radius 2 is 2.04 bits per heavy atom. The highest BCUT2D eigenvalue weighted by Gasteiger charge is 2.18. The van der Waals surface area contributed by atoms with Crippen molar-refractivity contribution in [3.05, 3.63) is 55.8 Å². The van der Waals surface area contributed by atoms with Crippen LogP contribution < -0.4 is 11.2 Å². The summed E-state index contributed by atoms with van der Waals surface area (Å²) in [4.78, 5) is 36.9. The second-order valence-corrected chi connectivity index (χ2v) is 6.31. The van der Waals surface area contributed by atoms with Gasteiger partial charge in [-0.1, -0.05) is 0 Å². The highest BCUT2D eigenvalue weighted by Crippen LogP contribution is 2.15. The summed E-state index contributed by atoms with van der Waals surface area (Å²) in [6.45, 7) is 0.152. The van der Waals surface area contributed by atoms with E-state index in [0.29, 0.717) is 15.9 Å². The number of hydrogen-bond donors (Lipinski definition) is 1. The number of fused-ring (bicyclic) bond motifs is 2. The first-order chi connectivity index (χ1) is 11.5. The summed E-state index contributed by atoms with van der Waals surface area (Å²) >= 11 is 3.29. The molecule has 0 saturated carbocycles. The van der Waals surface area contributed by atoms with Crippen molar-refractivity contribution in [1.82, 2.24) is 28.7 Å². The van der Waals surface area contributed by atoms with E-state index in [1.165, 1.54) is 9.13 Å². The zero-order valence-corrected chi connectivity index (χ0v) is 14.5. The summed E-state index contributed by atoms with van der Waals surface area (Å²) in [6, 6.07) is 3.73. The zero-order chi connectivity index (χ0) is 17.0. The van der Waals surface area contributed by atoms with Gasteiger partial charge < -0.3 is 9.55 Å². The van der Waals surface area contributed by atoms with Crippen LogP contribution in [0, 0.1) is 0 Å². The van der Waals surface area contributed by atoms with E-state index in [-0.39, 0.29) is 12.1 Å². The molecule has 0 saturated heterocycles. The molecule has 24 heavy (non-hydrogen) atoms. The summed E-state index contributed by atoms with van der Waals surface area (Å²) < 4.78 is 4.71. The molecular weight excluding hydrogens is 376 g/mol. The third-order valence-corrected chi connectivity index (χ3v) is 4.82. The predicted octanol–water partition coefficient (Wildman–Crippen LogP) is 1.12. The van der Waals surface area contributed by atoms with Gasteiger partial charge in [-0.05, 0) is 28.1 Å². The Balaban J connectivity index is 1.94. The van der Waals surface area contributed by atoms with Crippen LogP contribution in [0.4, 0.5) is 0 Å². The lowest BCUT2D eigenvalue weighted by Crippen LogP contribution is -2.39. The van der Waals surface area contributed by atoms with E-state index in [1.54, 1.807) is 31.1 Å². The SMILES string of the molecule is Cn1c(Br)nc2c1c(=O)n(Cc1cc3cnccc3[nH]1)c(=O)n2C. The summed E-state index contributed by atoms with van der Waals surface area (Å²) in [6.07, 6.45) is 3.42. The first-order valence-electron chi connectivity index (χ1n) is 7.20. The topological polar surface area (TPSA) is 90.5 Å². The minimum atomic E-state index is -0.408. The van der Waals surface area contributed by atoms with E-state index in [1.807, 2.05) is 12.1 Å². The van der Waals surface area contributed by atoms with Crippen molar-refractivity contribution in [2.75, 3.05) is 0 Å². The van der Waals surface area contributed by atoms with Gasteiger partial charge in [0.1, 0.15) is 0 Å². The van der Waals surface area contributed by atoms with Crippen LogP contribution in [0.5, 0.6) is 0 Å². The van der Waals surface area contributed by atoms with Crippen LogP contribution in [-0.2, 0) is 20.6 Å². The number of nitrogens with zero attached hydrogens (tertiary/aromatic N) is 5. The van der Waals surface area contributed by atoms with E-state index >= 15 is 0 Å². The van der Waals surface area contributed by atoms with Crippen LogP contribution in [0.25, 0.3) is 22.1 Å². The van der Waals surface area contributed by atoms with Crippen molar-refractivity contribution in [2.24, 2.45) is 14.1 Å². The van der Waals surface area contributed by atoms with Crippen LogP contribution in [-0.4, -0.2) is 28.7 Å². The molecule has 0 aromatic carbocycles. The molecule has 8 nitrogen and oxygen atoms in total. The van der Waals surface area contributed by atoms with Gasteiger partial charge in [-0.15, -0.1) is 0 Å². The van der Waals surface area contributed by atoms with Gasteiger partial charge >= 0.3 is 5.69 Å². The molecule has 0 aliphatic carbocycles. The molecule has 0 fully saturated rings. The number of imidazole rings is 1. The molecule has 9 heteroatoms. The normalized spacial score (nSPS) is 11.6. The lowest BCUT2D eigenvalue weighted by atomic mass is 10.3. The first kappa shape index (κ1) is 14.9. The standard InChI is InChI=1S/C15H13BrN6O2/c1-20-11-12(19-14(20)16)21(2)15(24)22(13(11)23)7-9-5-8-6-17-4-3-10(8)18-9/h3-6,18H,7H2,1-2H3. The van der Waals surface area contributed by atoms with Crippen LogP contribution >= 0.6 is 15.9 Å². The predicted molar refractivity (Wildman–Crippen MR) is 93.1 cm³/mol. The van der Waals surface area contributed by atoms with Gasteiger partial charge in [-0.3, -0.25) is 18.9 Å². The number of aromatic amines is 1. The van der Waals surface area contributed by atoms with E-state index in [4.69, 9.17) is 0 Å². The fourth-order valence-corrected chi connectivity index (χ4v) is 3.19. The van der Waals surface area contributed by atoms with Crippen molar-refractivity contribution in [2.45, 2.75) is 6.54 Å². The van der Waals surface area contributed by atoms with Crippen LogP contribution in [0.1, 0.15) is 5.69 Å². The summed E-state index contributed by atoms with van der Waals surface area (Å²) in [5.74, 6) is 0. The lowest BCUT2D eigenvalue weighted by molar-refractivity contribution is 0.648. The smallest absolute Gasteiger partial charge is 0.332 e. The Bertz CT molecular complexity index is 1180. The molecule has 0 unspecified atom stereocenters. The Labute approximate surface area is 143 Å². The summed E-state index contributed by atoms with van der Waals surface area (Å²) in [5, 5.41) is 0.932. The third kappa shape index (κ3) is 2.04. The first-order valence-corrected chi connectivity index (χ1v) is 8.00. The molecule has 0 bridgehead atoms. The molecule has 0 atom stereocenters. The van der Waals surface area contributed by atoms with Gasteiger partial charge in [0.15, 0.2) is 15.9 Å². The highest BCUT2D eigenvalue weighted by atomic mass is 79.9. The maximum atomic E-state index is 12.8. The van der Waals surface area contributed by atoms with E-state index in [9.17, 15) is 9.59 Å². The van der Waals surface area contributed by atoms with Gasteiger partial charge in [0.05, 0.1) is 6.54 Å². The van der Waals surface area contributed by atoms with Crippen LogP contribution in [0.15, 0.2) is 38.8 Å². The average molecular weight is 389 g/mol. The number of aromatic nitrogens is 6. The van der Waals surface area contributed by atoms with Crippen molar-refractivity contribution < 1.29 is 0 Å². The van der Waals surface area contributed by atoms with Crippen molar-refractivity contribution in [3.8, 4) is 0 Å². The minimum absolute atomic E-state index is 0.152. The van der Waals surface area contributed by atoms with Gasteiger partial charge in [0.2, 0.25) is 0 Å². The number of halogens is 1. The van der Waals surface area contributed by atoms with Crippen molar-refractivity contribution in [3.63, 3.8) is 0 Å². The fourth-order valence-electron chi connectivity index (χ4n) is 2.84. The molecule has 122 valence electrons. The summed E-state index contributed by atoms with van der Waals surface area (Å²) in [7, 11) is 3.33. The fraction of sp³-hybridized carbons (Fsp3) is 0.200. The zero-order valence-electron chi connectivity index (χ0n) is 12.9. The van der Waals surface area contributed by atoms with Crippen molar-refractivity contribution >= 4 is 38.0 Å². The molecule has 0 aliphatic rings. The molecule has 0 amide bonds. The van der Waals surface area contributed by atoms with Gasteiger partial charge in [0, 0.05) is 43.1 Å². The second-order valence-electron chi connectivity index (χ2n) is 5.60. The molecule has 0 spiro atoms. The van der Waals surface area contributed by atoms with Crippen LogP contribution in [0.2, 0.25) is 0 Å². The quantitative estimate of drug-likeness (QED) is 0.521. The molecule has 4 rings (SSSR count). The maximum absolute atomic E-state index is 12.8. The molecule has 0 aliphatic heterocycles. The van der Waals surface area contributed by atoms with Crippen molar-refractivity contribution in [1.29, 1.82) is 0 Å². The molecule has 1 N–H and O–H groups in total. The molecule has 4 aromatic rings. The number of rotatable bonds is 2. The van der Waals surface area contributed by atoms with E-state index in [2.05, 4.69) is 30.9 Å². The number of hydrogen-bond acceptors (Lipinski definition) is 4. The van der Waals surface area contributed by atoms with Gasteiger partial charge in [0.25, 0.3) is 5.56 Å². The third-order valence-electron chi connectivity index (χ3n) is 4.11. The Morgan fingerprint density at radius 3 is 2.79 bits per heavy atom. The van der Waals surface area contributed by atoms with Crippen LogP contribution in [0.3, 0.4) is 0 Å². The van der Waals surface area contributed by atoms with E-state index < -0.39 is 5.69 Å². The van der Waals surface area contributed by atoms with Gasteiger partial charge in [-0.25, -0.2) is 9.78 Å². The van der Waals surface area contributed by atoms with Gasteiger partial charge in [-0.2, -0.15) is 0 Å². The Kier molecular flexibility index (Phi) is 3.20. The Hall–Kier alpha value is -2.68. The number of pyridine rings is 1. The number of aryl methyl sites for hydroxylation is 2. The maximum Gasteiger partial charge on any atom is 0.332 e. The lowest BCUT2D eigenvalue weighted by Gasteiger charge is -2.07. The highest BCUT2D eigenvalue weighted by molar-refractivity contribution is 9.10. The molecular formula is C15H13BrN6O2. The second kappa shape index (κ2) is 5.17. The summed E-state index contributed by atoms with van der Waals surface area (Å²) in [5.41, 5.74) is 1.63. The molecule has 4 aromatic heterocycles. The average Bonchev–Trinajstić information content (AvgIpc) is 3.11. The minimum Gasteiger partial charge on any atom is -0.357 e. The number of H-pyrrole nitrogens is 1. The molecule has 0 radical (unpaired) electrons. The largest absolute Gasteiger partial charge is 0.357 e. The Morgan fingerprint density at radius 1 is 1.25 bits per heavy atom. The number of nitrogens with one attached hydrogen (secondary N) is 1.